The van der Waals surface area contributed by atoms with Crippen LogP contribution in [0.5, 0.6) is 5.75 Å². The van der Waals surface area contributed by atoms with E-state index in [9.17, 15) is 4.79 Å². The first-order valence-corrected chi connectivity index (χ1v) is 5.79. The molecule has 1 fully saturated rings. The fourth-order valence-electron chi connectivity index (χ4n) is 1.65. The maximum atomic E-state index is 11.9. The van der Waals surface area contributed by atoms with Crippen LogP contribution in [0.3, 0.4) is 0 Å². The Morgan fingerprint density at radius 1 is 1.38 bits per heavy atom. The molecule has 0 atom stereocenters. The van der Waals surface area contributed by atoms with E-state index < -0.39 is 0 Å². The van der Waals surface area contributed by atoms with Gasteiger partial charge < -0.3 is 10.1 Å². The molecule has 0 radical (unpaired) electrons. The minimum absolute atomic E-state index is 0.169. The zero-order valence-corrected chi connectivity index (χ0v) is 9.53. The van der Waals surface area contributed by atoms with Crippen molar-refractivity contribution in [2.75, 3.05) is 19.7 Å². The Labute approximate surface area is 95.8 Å². The minimum Gasteiger partial charge on any atom is -0.494 e. The Balaban J connectivity index is 1.98. The molecular weight excluding hydrogens is 202 g/mol. The van der Waals surface area contributed by atoms with E-state index in [1.54, 1.807) is 0 Å². The molecule has 0 bridgehead atoms. The van der Waals surface area contributed by atoms with E-state index in [2.05, 4.69) is 12.2 Å². The lowest BCUT2D eigenvalue weighted by molar-refractivity contribution is 0.0878. The molecule has 0 saturated carbocycles. The number of hydrogen-bond donors (Lipinski definition) is 1. The van der Waals surface area contributed by atoms with Crippen LogP contribution < -0.4 is 10.1 Å². The third kappa shape index (κ3) is 2.42. The predicted octanol–water partition coefficient (Wildman–Crippen LogP) is 1.88. The zero-order chi connectivity index (χ0) is 11.4. The van der Waals surface area contributed by atoms with E-state index in [-0.39, 0.29) is 11.7 Å². The van der Waals surface area contributed by atoms with Gasteiger partial charge in [-0.1, -0.05) is 6.92 Å². The third-order valence-electron chi connectivity index (χ3n) is 2.76. The van der Waals surface area contributed by atoms with E-state index in [1.807, 2.05) is 24.3 Å². The summed E-state index contributed by atoms with van der Waals surface area (Å²) in [5.41, 5.74) is 0.787. The highest BCUT2D eigenvalue weighted by atomic mass is 16.5. The van der Waals surface area contributed by atoms with Gasteiger partial charge in [0.2, 0.25) is 0 Å². The van der Waals surface area contributed by atoms with Gasteiger partial charge in [0.1, 0.15) is 5.75 Å². The Bertz CT molecular complexity index is 355. The van der Waals surface area contributed by atoms with Crippen molar-refractivity contribution in [3.63, 3.8) is 0 Å². The fourth-order valence-corrected chi connectivity index (χ4v) is 1.65. The SMILES string of the molecule is CCCOc1ccc(C(=O)C2CNC2)cc1. The number of carbonyl (C=O) groups is 1. The number of rotatable bonds is 5. The first-order valence-electron chi connectivity index (χ1n) is 5.79. The second-order valence-electron chi connectivity index (χ2n) is 4.09. The van der Waals surface area contributed by atoms with Gasteiger partial charge in [-0.2, -0.15) is 0 Å². The average molecular weight is 219 g/mol. The number of nitrogens with one attached hydrogen (secondary N) is 1. The molecule has 0 aliphatic carbocycles. The van der Waals surface area contributed by atoms with Gasteiger partial charge in [-0.05, 0) is 30.7 Å². The molecule has 0 spiro atoms. The van der Waals surface area contributed by atoms with Crippen molar-refractivity contribution >= 4 is 5.78 Å². The maximum absolute atomic E-state index is 11.9. The van der Waals surface area contributed by atoms with Crippen molar-refractivity contribution in [2.24, 2.45) is 5.92 Å². The third-order valence-corrected chi connectivity index (χ3v) is 2.76. The Hall–Kier alpha value is -1.35. The van der Waals surface area contributed by atoms with E-state index in [1.165, 1.54) is 0 Å². The van der Waals surface area contributed by atoms with Gasteiger partial charge in [-0.15, -0.1) is 0 Å². The summed E-state index contributed by atoms with van der Waals surface area (Å²) in [4.78, 5) is 11.9. The highest BCUT2D eigenvalue weighted by Gasteiger charge is 2.25. The molecule has 3 nitrogen and oxygen atoms in total. The van der Waals surface area contributed by atoms with Crippen molar-refractivity contribution in [3.8, 4) is 5.75 Å². The van der Waals surface area contributed by atoms with Crippen LogP contribution in [0.25, 0.3) is 0 Å². The summed E-state index contributed by atoms with van der Waals surface area (Å²) in [5, 5.41) is 3.11. The summed E-state index contributed by atoms with van der Waals surface area (Å²) in [6.45, 7) is 4.42. The molecule has 1 aromatic carbocycles. The lowest BCUT2D eigenvalue weighted by Gasteiger charge is -2.25. The predicted molar refractivity (Wildman–Crippen MR) is 62.9 cm³/mol. The molecule has 1 aliphatic heterocycles. The molecule has 86 valence electrons. The van der Waals surface area contributed by atoms with Crippen LogP contribution in [-0.2, 0) is 0 Å². The Morgan fingerprint density at radius 3 is 2.56 bits per heavy atom. The zero-order valence-electron chi connectivity index (χ0n) is 9.53. The summed E-state index contributed by atoms with van der Waals surface area (Å²) in [6.07, 6.45) is 0.994. The van der Waals surface area contributed by atoms with Crippen LogP contribution in [0.2, 0.25) is 0 Å². The number of benzene rings is 1. The number of hydrogen-bond acceptors (Lipinski definition) is 3. The molecule has 1 aliphatic rings. The van der Waals surface area contributed by atoms with Gasteiger partial charge in [0.15, 0.2) is 5.78 Å². The molecule has 1 heterocycles. The highest BCUT2D eigenvalue weighted by Crippen LogP contribution is 2.17. The lowest BCUT2D eigenvalue weighted by atomic mass is 9.93. The van der Waals surface area contributed by atoms with Gasteiger partial charge in [0.05, 0.1) is 6.61 Å². The topological polar surface area (TPSA) is 38.3 Å². The molecule has 0 unspecified atom stereocenters. The van der Waals surface area contributed by atoms with Crippen LogP contribution in [0, 0.1) is 5.92 Å². The second-order valence-corrected chi connectivity index (χ2v) is 4.09. The summed E-state index contributed by atoms with van der Waals surface area (Å²) < 4.78 is 5.47. The number of ketones is 1. The van der Waals surface area contributed by atoms with Crippen molar-refractivity contribution in [3.05, 3.63) is 29.8 Å². The Morgan fingerprint density at radius 2 is 2.06 bits per heavy atom. The molecule has 1 N–H and O–H groups in total. The van der Waals surface area contributed by atoms with Gasteiger partial charge in [-0.3, -0.25) is 4.79 Å². The molecular formula is C13H17NO2. The van der Waals surface area contributed by atoms with E-state index >= 15 is 0 Å². The minimum atomic E-state index is 0.169. The van der Waals surface area contributed by atoms with Crippen LogP contribution in [0.15, 0.2) is 24.3 Å². The van der Waals surface area contributed by atoms with Crippen LogP contribution in [0.4, 0.5) is 0 Å². The van der Waals surface area contributed by atoms with Gasteiger partial charge in [-0.25, -0.2) is 0 Å². The first-order chi connectivity index (χ1) is 7.81. The maximum Gasteiger partial charge on any atom is 0.168 e. The summed E-state index contributed by atoms with van der Waals surface area (Å²) in [5.74, 6) is 1.24. The smallest absolute Gasteiger partial charge is 0.168 e. The normalized spacial score (nSPS) is 15.6. The van der Waals surface area contributed by atoms with Crippen molar-refractivity contribution in [2.45, 2.75) is 13.3 Å². The summed E-state index contributed by atoms with van der Waals surface area (Å²) in [7, 11) is 0. The van der Waals surface area contributed by atoms with Gasteiger partial charge in [0, 0.05) is 24.6 Å². The molecule has 3 heteroatoms. The molecule has 0 aromatic heterocycles. The van der Waals surface area contributed by atoms with Crippen LogP contribution in [-0.4, -0.2) is 25.5 Å². The molecule has 0 amide bonds. The number of ether oxygens (including phenoxy) is 1. The molecule has 1 aromatic rings. The highest BCUT2D eigenvalue weighted by molar-refractivity contribution is 5.98. The average Bonchev–Trinajstić information content (AvgIpc) is 2.24. The van der Waals surface area contributed by atoms with Crippen molar-refractivity contribution < 1.29 is 9.53 Å². The van der Waals surface area contributed by atoms with Gasteiger partial charge >= 0.3 is 0 Å². The van der Waals surface area contributed by atoms with Gasteiger partial charge in [0.25, 0.3) is 0 Å². The largest absolute Gasteiger partial charge is 0.494 e. The molecule has 16 heavy (non-hydrogen) atoms. The lowest BCUT2D eigenvalue weighted by Crippen LogP contribution is -2.46. The monoisotopic (exact) mass is 219 g/mol. The van der Waals surface area contributed by atoms with E-state index in [0.717, 1.165) is 37.4 Å². The molecule has 2 rings (SSSR count). The van der Waals surface area contributed by atoms with Crippen molar-refractivity contribution in [1.82, 2.24) is 5.32 Å². The van der Waals surface area contributed by atoms with E-state index in [4.69, 9.17) is 4.74 Å². The summed E-state index contributed by atoms with van der Waals surface area (Å²) >= 11 is 0. The number of carbonyl (C=O) groups excluding carboxylic acids is 1. The molecule has 1 saturated heterocycles. The second kappa shape index (κ2) is 5.12. The van der Waals surface area contributed by atoms with Crippen LogP contribution in [0.1, 0.15) is 23.7 Å². The quantitative estimate of drug-likeness (QED) is 0.768. The van der Waals surface area contributed by atoms with Crippen molar-refractivity contribution in [1.29, 1.82) is 0 Å². The number of Topliss-reactive ketones (excluding diaryl/α,β-unsaturated/α-hetero) is 1. The standard InChI is InChI=1S/C13H17NO2/c1-2-7-16-12-5-3-10(4-6-12)13(15)11-8-14-9-11/h3-6,11,14H,2,7-9H2,1H3. The Kier molecular flexibility index (Phi) is 3.57. The van der Waals surface area contributed by atoms with Crippen LogP contribution >= 0.6 is 0 Å². The first kappa shape index (κ1) is 11.1. The van der Waals surface area contributed by atoms with E-state index in [0.29, 0.717) is 0 Å². The summed E-state index contributed by atoms with van der Waals surface area (Å²) in [6, 6.07) is 7.45. The fraction of sp³-hybridized carbons (Fsp3) is 0.462.